The van der Waals surface area contributed by atoms with Gasteiger partial charge < -0.3 is 4.57 Å². The maximum absolute atomic E-state index is 12.2. The lowest BCUT2D eigenvalue weighted by molar-refractivity contribution is -0.117. The van der Waals surface area contributed by atoms with E-state index >= 15 is 0 Å². The molecule has 20 heavy (non-hydrogen) atoms. The minimum atomic E-state index is 0.224. The molecular formula is C17H22N2O. The Labute approximate surface area is 120 Å². The Morgan fingerprint density at radius 2 is 2.05 bits per heavy atom. The third-order valence-corrected chi connectivity index (χ3v) is 3.51. The zero-order chi connectivity index (χ0) is 14.5. The number of Topliss-reactive ketones (excluding diaryl/α,β-unsaturated/α-hetero) is 1. The molecule has 0 spiro atoms. The van der Waals surface area contributed by atoms with Gasteiger partial charge in [0.2, 0.25) is 0 Å². The number of carbonyl (C=O) groups is 1. The van der Waals surface area contributed by atoms with Crippen molar-refractivity contribution in [2.24, 2.45) is 0 Å². The van der Waals surface area contributed by atoms with Crippen LogP contribution in [-0.2, 0) is 24.2 Å². The predicted octanol–water partition coefficient (Wildman–Crippen LogP) is 3.26. The molecule has 0 atom stereocenters. The second-order valence-corrected chi connectivity index (χ2v) is 5.36. The minimum Gasteiger partial charge on any atom is -0.335 e. The first-order valence-corrected chi connectivity index (χ1v) is 7.18. The van der Waals surface area contributed by atoms with Crippen LogP contribution >= 0.6 is 0 Å². The van der Waals surface area contributed by atoms with Crippen molar-refractivity contribution in [2.45, 2.75) is 46.6 Å². The van der Waals surface area contributed by atoms with Crippen LogP contribution in [0, 0.1) is 13.8 Å². The zero-order valence-electron chi connectivity index (χ0n) is 12.5. The van der Waals surface area contributed by atoms with Crippen LogP contribution in [0.1, 0.15) is 35.9 Å². The van der Waals surface area contributed by atoms with Crippen LogP contribution in [0.4, 0.5) is 0 Å². The average Bonchev–Trinajstić information content (AvgIpc) is 2.82. The fourth-order valence-corrected chi connectivity index (χ4v) is 2.39. The van der Waals surface area contributed by atoms with Crippen molar-refractivity contribution in [3.8, 4) is 0 Å². The molecule has 0 amide bonds. The van der Waals surface area contributed by atoms with Crippen LogP contribution in [0.3, 0.4) is 0 Å². The van der Waals surface area contributed by atoms with Crippen molar-refractivity contribution in [1.29, 1.82) is 0 Å². The van der Waals surface area contributed by atoms with Gasteiger partial charge in [-0.25, -0.2) is 4.98 Å². The van der Waals surface area contributed by atoms with Crippen molar-refractivity contribution >= 4 is 5.78 Å². The van der Waals surface area contributed by atoms with E-state index in [0.717, 1.165) is 24.4 Å². The lowest BCUT2D eigenvalue weighted by Crippen LogP contribution is -2.12. The van der Waals surface area contributed by atoms with Gasteiger partial charge in [0, 0.05) is 25.4 Å². The Hall–Kier alpha value is -1.90. The van der Waals surface area contributed by atoms with E-state index in [1.54, 1.807) is 6.20 Å². The van der Waals surface area contributed by atoms with Gasteiger partial charge in [-0.1, -0.05) is 30.7 Å². The standard InChI is InChI=1S/C17H22N2O/c1-4-8-19-9-7-18-17(19)12-16(20)11-15-10-13(2)5-6-14(15)3/h5-7,9-10H,4,8,11-12H2,1-3H3. The van der Waals surface area contributed by atoms with Crippen molar-refractivity contribution in [1.82, 2.24) is 9.55 Å². The Kier molecular flexibility index (Phi) is 4.72. The Morgan fingerprint density at radius 3 is 2.80 bits per heavy atom. The number of benzene rings is 1. The number of nitrogens with zero attached hydrogens (tertiary/aromatic N) is 2. The summed E-state index contributed by atoms with van der Waals surface area (Å²) in [6.45, 7) is 7.16. The van der Waals surface area contributed by atoms with Gasteiger partial charge in [-0.2, -0.15) is 0 Å². The summed E-state index contributed by atoms with van der Waals surface area (Å²) in [4.78, 5) is 16.5. The lowest BCUT2D eigenvalue weighted by atomic mass is 10.00. The van der Waals surface area contributed by atoms with Crippen LogP contribution in [0.5, 0.6) is 0 Å². The molecule has 3 heteroatoms. The maximum Gasteiger partial charge on any atom is 0.144 e. The molecule has 3 nitrogen and oxygen atoms in total. The summed E-state index contributed by atoms with van der Waals surface area (Å²) < 4.78 is 2.07. The first-order chi connectivity index (χ1) is 9.60. The van der Waals surface area contributed by atoms with Gasteiger partial charge in [-0.3, -0.25) is 4.79 Å². The Morgan fingerprint density at radius 1 is 1.25 bits per heavy atom. The normalized spacial score (nSPS) is 10.8. The van der Waals surface area contributed by atoms with E-state index in [1.165, 1.54) is 11.1 Å². The molecule has 0 saturated carbocycles. The number of aryl methyl sites for hydroxylation is 3. The molecule has 0 aliphatic carbocycles. The van der Waals surface area contributed by atoms with Crippen LogP contribution in [0.2, 0.25) is 0 Å². The maximum atomic E-state index is 12.2. The Bertz CT molecular complexity index is 599. The van der Waals surface area contributed by atoms with E-state index in [4.69, 9.17) is 0 Å². The highest BCUT2D eigenvalue weighted by Gasteiger charge is 2.11. The first-order valence-electron chi connectivity index (χ1n) is 7.18. The number of aromatic nitrogens is 2. The fourth-order valence-electron chi connectivity index (χ4n) is 2.39. The van der Waals surface area contributed by atoms with E-state index < -0.39 is 0 Å². The van der Waals surface area contributed by atoms with Gasteiger partial charge in [-0.15, -0.1) is 0 Å². The number of carbonyl (C=O) groups excluding carboxylic acids is 1. The number of imidazole rings is 1. The van der Waals surface area contributed by atoms with Gasteiger partial charge in [0.25, 0.3) is 0 Å². The van der Waals surface area contributed by atoms with Gasteiger partial charge in [0.05, 0.1) is 6.42 Å². The van der Waals surface area contributed by atoms with Crippen molar-refractivity contribution in [3.63, 3.8) is 0 Å². The monoisotopic (exact) mass is 270 g/mol. The molecule has 0 aliphatic rings. The quantitative estimate of drug-likeness (QED) is 0.807. The third-order valence-electron chi connectivity index (χ3n) is 3.51. The van der Waals surface area contributed by atoms with Crippen molar-refractivity contribution in [2.75, 3.05) is 0 Å². The van der Waals surface area contributed by atoms with E-state index in [9.17, 15) is 4.79 Å². The summed E-state index contributed by atoms with van der Waals surface area (Å²) in [5, 5.41) is 0. The summed E-state index contributed by atoms with van der Waals surface area (Å²) in [5.41, 5.74) is 3.51. The van der Waals surface area contributed by atoms with Gasteiger partial charge >= 0.3 is 0 Å². The van der Waals surface area contributed by atoms with Crippen LogP contribution in [-0.4, -0.2) is 15.3 Å². The summed E-state index contributed by atoms with van der Waals surface area (Å²) in [6.07, 6.45) is 5.68. The van der Waals surface area contributed by atoms with Crippen molar-refractivity contribution < 1.29 is 4.79 Å². The number of ketones is 1. The van der Waals surface area contributed by atoms with Crippen LogP contribution in [0.15, 0.2) is 30.6 Å². The van der Waals surface area contributed by atoms with E-state index in [2.05, 4.69) is 48.5 Å². The van der Waals surface area contributed by atoms with Gasteiger partial charge in [-0.05, 0) is 31.4 Å². The number of hydrogen-bond acceptors (Lipinski definition) is 2. The number of hydrogen-bond donors (Lipinski definition) is 0. The average molecular weight is 270 g/mol. The van der Waals surface area contributed by atoms with E-state index in [0.29, 0.717) is 12.8 Å². The molecule has 0 saturated heterocycles. The van der Waals surface area contributed by atoms with E-state index in [1.807, 2.05) is 6.20 Å². The SMILES string of the molecule is CCCn1ccnc1CC(=O)Cc1cc(C)ccc1C. The lowest BCUT2D eigenvalue weighted by Gasteiger charge is -2.08. The van der Waals surface area contributed by atoms with Crippen LogP contribution < -0.4 is 0 Å². The predicted molar refractivity (Wildman–Crippen MR) is 80.8 cm³/mol. The highest BCUT2D eigenvalue weighted by molar-refractivity contribution is 5.82. The topological polar surface area (TPSA) is 34.9 Å². The highest BCUT2D eigenvalue weighted by Crippen LogP contribution is 2.13. The second kappa shape index (κ2) is 6.51. The molecule has 0 aliphatic heterocycles. The first kappa shape index (κ1) is 14.5. The molecule has 0 bridgehead atoms. The molecule has 2 rings (SSSR count). The third kappa shape index (κ3) is 3.56. The molecule has 2 aromatic rings. The summed E-state index contributed by atoms with van der Waals surface area (Å²) in [7, 11) is 0. The largest absolute Gasteiger partial charge is 0.335 e. The molecule has 0 N–H and O–H groups in total. The highest BCUT2D eigenvalue weighted by atomic mass is 16.1. The zero-order valence-corrected chi connectivity index (χ0v) is 12.5. The fraction of sp³-hybridized carbons (Fsp3) is 0.412. The van der Waals surface area contributed by atoms with Crippen molar-refractivity contribution in [3.05, 3.63) is 53.1 Å². The smallest absolute Gasteiger partial charge is 0.144 e. The van der Waals surface area contributed by atoms with Gasteiger partial charge in [0.15, 0.2) is 0 Å². The minimum absolute atomic E-state index is 0.224. The molecule has 0 fully saturated rings. The van der Waals surface area contributed by atoms with E-state index in [-0.39, 0.29) is 5.78 Å². The molecule has 0 unspecified atom stereocenters. The second-order valence-electron chi connectivity index (χ2n) is 5.36. The Balaban J connectivity index is 2.05. The molecule has 1 aromatic carbocycles. The molecule has 106 valence electrons. The molecule has 1 heterocycles. The summed E-state index contributed by atoms with van der Waals surface area (Å²) in [6, 6.07) is 6.26. The summed E-state index contributed by atoms with van der Waals surface area (Å²) >= 11 is 0. The molecule has 1 aromatic heterocycles. The molecule has 0 radical (unpaired) electrons. The molecular weight excluding hydrogens is 248 g/mol. The number of rotatable bonds is 6. The summed E-state index contributed by atoms with van der Waals surface area (Å²) in [5.74, 6) is 1.10. The van der Waals surface area contributed by atoms with Crippen LogP contribution in [0.25, 0.3) is 0 Å². The van der Waals surface area contributed by atoms with Gasteiger partial charge in [0.1, 0.15) is 11.6 Å².